The van der Waals surface area contributed by atoms with Gasteiger partial charge in [0.25, 0.3) is 5.91 Å². The molecule has 0 aromatic heterocycles. The molecular weight excluding hydrogens is 214 g/mol. The number of rotatable bonds is 3. The Labute approximate surface area is 94.3 Å². The quantitative estimate of drug-likeness (QED) is 0.856. The lowest BCUT2D eigenvalue weighted by atomic mass is 10.2. The zero-order valence-electron chi connectivity index (χ0n) is 8.77. The monoisotopic (exact) mass is 227 g/mol. The van der Waals surface area contributed by atoms with Gasteiger partial charge in [0.1, 0.15) is 0 Å². The molecule has 4 heteroatoms. The third kappa shape index (κ3) is 3.22. The summed E-state index contributed by atoms with van der Waals surface area (Å²) in [7, 11) is 1.64. The van der Waals surface area contributed by atoms with Crippen molar-refractivity contribution in [1.29, 1.82) is 0 Å². The van der Waals surface area contributed by atoms with Crippen molar-refractivity contribution in [2.24, 2.45) is 0 Å². The molecule has 0 fully saturated rings. The zero-order chi connectivity index (χ0) is 11.4. The average Bonchev–Trinajstić information content (AvgIpc) is 2.16. The fourth-order valence-corrected chi connectivity index (χ4v) is 1.54. The molecule has 0 saturated carbocycles. The number of hydrogen-bond donors (Lipinski definition) is 1. The van der Waals surface area contributed by atoms with Crippen LogP contribution in [0.2, 0.25) is 5.02 Å². The third-order valence-electron chi connectivity index (χ3n) is 1.99. The lowest BCUT2D eigenvalue weighted by Crippen LogP contribution is -2.33. The molecule has 0 saturated heterocycles. The van der Waals surface area contributed by atoms with Gasteiger partial charge in [-0.1, -0.05) is 23.7 Å². The molecule has 0 aliphatic carbocycles. The first kappa shape index (κ1) is 12.0. The predicted molar refractivity (Wildman–Crippen MR) is 60.1 cm³/mol. The standard InChI is InChI=1S/C11H14ClNO2/c1-8(14)7-13(2)11(15)9-5-3-4-6-10(9)12/h3-6,8,14H,7H2,1-2H3. The van der Waals surface area contributed by atoms with Crippen LogP contribution in [-0.4, -0.2) is 35.6 Å². The number of carbonyl (C=O) groups excluding carboxylic acids is 1. The van der Waals surface area contributed by atoms with Crippen LogP contribution in [0, 0.1) is 0 Å². The van der Waals surface area contributed by atoms with E-state index >= 15 is 0 Å². The Kier molecular flexibility index (Phi) is 4.12. The highest BCUT2D eigenvalue weighted by molar-refractivity contribution is 6.33. The number of hydrogen-bond acceptors (Lipinski definition) is 2. The van der Waals surface area contributed by atoms with E-state index in [4.69, 9.17) is 16.7 Å². The molecular formula is C11H14ClNO2. The minimum Gasteiger partial charge on any atom is -0.392 e. The van der Waals surface area contributed by atoms with Crippen molar-refractivity contribution in [1.82, 2.24) is 4.90 Å². The SMILES string of the molecule is CC(O)CN(C)C(=O)c1ccccc1Cl. The van der Waals surface area contributed by atoms with Gasteiger partial charge in [0.15, 0.2) is 0 Å². The largest absolute Gasteiger partial charge is 0.392 e. The number of aliphatic hydroxyl groups is 1. The van der Waals surface area contributed by atoms with Crippen molar-refractivity contribution in [3.05, 3.63) is 34.9 Å². The number of benzene rings is 1. The minimum atomic E-state index is -0.540. The summed E-state index contributed by atoms with van der Waals surface area (Å²) in [5.74, 6) is -0.179. The summed E-state index contributed by atoms with van der Waals surface area (Å²) in [4.78, 5) is 13.3. The van der Waals surface area contributed by atoms with E-state index < -0.39 is 6.10 Å². The second-order valence-corrected chi connectivity index (χ2v) is 3.92. The molecule has 0 aliphatic heterocycles. The summed E-state index contributed by atoms with van der Waals surface area (Å²) < 4.78 is 0. The second-order valence-electron chi connectivity index (χ2n) is 3.51. The van der Waals surface area contributed by atoms with Gasteiger partial charge in [-0.05, 0) is 19.1 Å². The Bertz CT molecular complexity index is 352. The molecule has 1 N–H and O–H groups in total. The van der Waals surface area contributed by atoms with Gasteiger partial charge in [0.05, 0.1) is 16.7 Å². The Morgan fingerprint density at radius 3 is 2.67 bits per heavy atom. The number of halogens is 1. The van der Waals surface area contributed by atoms with Gasteiger partial charge in [-0.2, -0.15) is 0 Å². The van der Waals surface area contributed by atoms with Crippen LogP contribution >= 0.6 is 11.6 Å². The first-order chi connectivity index (χ1) is 7.02. The fourth-order valence-electron chi connectivity index (χ4n) is 1.32. The minimum absolute atomic E-state index is 0.179. The van der Waals surface area contributed by atoms with Crippen LogP contribution in [0.1, 0.15) is 17.3 Å². The highest BCUT2D eigenvalue weighted by atomic mass is 35.5. The molecule has 0 spiro atoms. The Hall–Kier alpha value is -1.06. The van der Waals surface area contributed by atoms with E-state index in [2.05, 4.69) is 0 Å². The maximum atomic E-state index is 11.8. The van der Waals surface area contributed by atoms with Crippen LogP contribution in [0.4, 0.5) is 0 Å². The van der Waals surface area contributed by atoms with Crippen molar-refractivity contribution in [2.45, 2.75) is 13.0 Å². The van der Waals surface area contributed by atoms with Crippen LogP contribution < -0.4 is 0 Å². The molecule has 1 amide bonds. The fraction of sp³-hybridized carbons (Fsp3) is 0.364. The first-order valence-electron chi connectivity index (χ1n) is 4.70. The van der Waals surface area contributed by atoms with Crippen LogP contribution in [-0.2, 0) is 0 Å². The molecule has 0 radical (unpaired) electrons. The molecule has 1 aromatic rings. The molecule has 0 bridgehead atoms. The zero-order valence-corrected chi connectivity index (χ0v) is 9.53. The van der Waals surface area contributed by atoms with Crippen molar-refractivity contribution < 1.29 is 9.90 Å². The van der Waals surface area contributed by atoms with Crippen molar-refractivity contribution in [3.63, 3.8) is 0 Å². The Balaban J connectivity index is 2.81. The molecule has 1 aromatic carbocycles. The molecule has 0 aliphatic rings. The predicted octanol–water partition coefficient (Wildman–Crippen LogP) is 1.79. The van der Waals surface area contributed by atoms with E-state index in [0.717, 1.165) is 0 Å². The van der Waals surface area contributed by atoms with Crippen molar-refractivity contribution in [2.75, 3.05) is 13.6 Å². The average molecular weight is 228 g/mol. The number of nitrogens with zero attached hydrogens (tertiary/aromatic N) is 1. The second kappa shape index (κ2) is 5.14. The van der Waals surface area contributed by atoms with E-state index in [1.807, 2.05) is 0 Å². The van der Waals surface area contributed by atoms with Crippen LogP contribution in [0.25, 0.3) is 0 Å². The Morgan fingerprint density at radius 1 is 1.53 bits per heavy atom. The molecule has 82 valence electrons. The molecule has 3 nitrogen and oxygen atoms in total. The highest BCUT2D eigenvalue weighted by Gasteiger charge is 2.15. The van der Waals surface area contributed by atoms with E-state index in [1.165, 1.54) is 4.90 Å². The van der Waals surface area contributed by atoms with E-state index in [-0.39, 0.29) is 5.91 Å². The smallest absolute Gasteiger partial charge is 0.255 e. The van der Waals surface area contributed by atoms with Gasteiger partial charge >= 0.3 is 0 Å². The van der Waals surface area contributed by atoms with Crippen LogP contribution in [0.15, 0.2) is 24.3 Å². The molecule has 15 heavy (non-hydrogen) atoms. The van der Waals surface area contributed by atoms with Gasteiger partial charge in [0, 0.05) is 13.6 Å². The van der Waals surface area contributed by atoms with Gasteiger partial charge in [-0.15, -0.1) is 0 Å². The van der Waals surface area contributed by atoms with Crippen LogP contribution in [0.5, 0.6) is 0 Å². The topological polar surface area (TPSA) is 40.5 Å². The summed E-state index contributed by atoms with van der Waals surface area (Å²) in [5, 5.41) is 9.59. The summed E-state index contributed by atoms with van der Waals surface area (Å²) in [6.45, 7) is 1.93. The number of aliphatic hydroxyl groups excluding tert-OH is 1. The number of likely N-dealkylation sites (N-methyl/N-ethyl adjacent to an activating group) is 1. The maximum Gasteiger partial charge on any atom is 0.255 e. The molecule has 1 atom stereocenters. The van der Waals surface area contributed by atoms with Crippen LogP contribution in [0.3, 0.4) is 0 Å². The van der Waals surface area contributed by atoms with Gasteiger partial charge in [0.2, 0.25) is 0 Å². The van der Waals surface area contributed by atoms with Gasteiger partial charge < -0.3 is 10.0 Å². The van der Waals surface area contributed by atoms with Gasteiger partial charge in [-0.25, -0.2) is 0 Å². The highest BCUT2D eigenvalue weighted by Crippen LogP contribution is 2.16. The lowest BCUT2D eigenvalue weighted by molar-refractivity contribution is 0.0704. The third-order valence-corrected chi connectivity index (χ3v) is 2.32. The summed E-state index contributed by atoms with van der Waals surface area (Å²) in [5.41, 5.74) is 0.460. The van der Waals surface area contributed by atoms with E-state index in [9.17, 15) is 4.79 Å². The summed E-state index contributed by atoms with van der Waals surface area (Å²) >= 11 is 5.89. The van der Waals surface area contributed by atoms with Crippen molar-refractivity contribution in [3.8, 4) is 0 Å². The van der Waals surface area contributed by atoms with E-state index in [1.54, 1.807) is 38.2 Å². The molecule has 0 heterocycles. The number of amides is 1. The summed E-state index contributed by atoms with van der Waals surface area (Å²) in [6.07, 6.45) is -0.540. The summed E-state index contributed by atoms with van der Waals surface area (Å²) in [6, 6.07) is 6.87. The molecule has 1 unspecified atom stereocenters. The Morgan fingerprint density at radius 2 is 2.13 bits per heavy atom. The normalized spacial score (nSPS) is 12.3. The molecule has 1 rings (SSSR count). The maximum absolute atomic E-state index is 11.8. The van der Waals surface area contributed by atoms with Gasteiger partial charge in [-0.3, -0.25) is 4.79 Å². The van der Waals surface area contributed by atoms with Crippen molar-refractivity contribution >= 4 is 17.5 Å². The number of carbonyl (C=O) groups is 1. The van der Waals surface area contributed by atoms with E-state index in [0.29, 0.717) is 17.1 Å². The lowest BCUT2D eigenvalue weighted by Gasteiger charge is -2.19. The first-order valence-corrected chi connectivity index (χ1v) is 5.08.